The molecule has 9 heteroatoms. The number of hydrogen-bond donors (Lipinski definition) is 1. The van der Waals surface area contributed by atoms with Crippen molar-refractivity contribution in [2.24, 2.45) is 0 Å². The minimum absolute atomic E-state index is 0.124. The van der Waals surface area contributed by atoms with E-state index in [2.05, 4.69) is 34.5 Å². The molecule has 1 heterocycles. The third-order valence-corrected chi connectivity index (χ3v) is 8.39. The molecule has 1 fully saturated rings. The Morgan fingerprint density at radius 2 is 1.38 bits per heavy atom. The lowest BCUT2D eigenvalue weighted by Crippen LogP contribution is -2.50. The van der Waals surface area contributed by atoms with Crippen LogP contribution in [-0.4, -0.2) is 85.7 Å². The second kappa shape index (κ2) is 17.0. The van der Waals surface area contributed by atoms with Crippen LogP contribution in [0.1, 0.15) is 40.2 Å². The summed E-state index contributed by atoms with van der Waals surface area (Å²) in [6, 6.07) is 36.4. The number of ether oxygens (including phenoxy) is 2. The number of methoxy groups -OCH3 is 1. The summed E-state index contributed by atoms with van der Waals surface area (Å²) in [6.45, 7) is 4.53. The van der Waals surface area contributed by atoms with Crippen molar-refractivity contribution >= 4 is 23.8 Å². The second-order valence-corrected chi connectivity index (χ2v) is 11.5. The molecular formula is C38H42N4O5. The van der Waals surface area contributed by atoms with Crippen LogP contribution < -0.4 is 10.1 Å². The molecule has 1 saturated heterocycles. The summed E-state index contributed by atoms with van der Waals surface area (Å²) in [7, 11) is 1.33. The number of amides is 3. The summed E-state index contributed by atoms with van der Waals surface area (Å²) in [5, 5.41) is 3.00. The van der Waals surface area contributed by atoms with E-state index in [1.54, 1.807) is 41.3 Å². The largest absolute Gasteiger partial charge is 0.465 e. The monoisotopic (exact) mass is 634 g/mol. The summed E-state index contributed by atoms with van der Waals surface area (Å²) in [4.78, 5) is 44.3. The van der Waals surface area contributed by atoms with Gasteiger partial charge in [0, 0.05) is 50.9 Å². The second-order valence-electron chi connectivity index (χ2n) is 11.5. The van der Waals surface area contributed by atoms with Crippen molar-refractivity contribution in [2.45, 2.75) is 18.8 Å². The molecule has 1 aliphatic heterocycles. The van der Waals surface area contributed by atoms with E-state index < -0.39 is 5.97 Å². The summed E-state index contributed by atoms with van der Waals surface area (Å²) < 4.78 is 10.4. The van der Waals surface area contributed by atoms with Crippen LogP contribution in [0.3, 0.4) is 0 Å². The van der Waals surface area contributed by atoms with Crippen molar-refractivity contribution in [1.82, 2.24) is 14.7 Å². The highest BCUT2D eigenvalue weighted by atomic mass is 16.6. The SMILES string of the molecule is COC(=O)c1cccc(NC(=O)N(CCCN2CCN(C(=O)Oc3ccccc3)CC2)CCC(c2ccccc2)c2ccccc2)c1. The molecule has 47 heavy (non-hydrogen) atoms. The van der Waals surface area contributed by atoms with E-state index in [9.17, 15) is 14.4 Å². The van der Waals surface area contributed by atoms with Gasteiger partial charge < -0.3 is 24.6 Å². The fourth-order valence-corrected chi connectivity index (χ4v) is 5.83. The van der Waals surface area contributed by atoms with Gasteiger partial charge >= 0.3 is 18.1 Å². The summed E-state index contributed by atoms with van der Waals surface area (Å²) in [5.74, 6) is 0.205. The van der Waals surface area contributed by atoms with Crippen LogP contribution in [0.4, 0.5) is 15.3 Å². The Bertz CT molecular complexity index is 1540. The molecule has 1 aliphatic rings. The summed E-state index contributed by atoms with van der Waals surface area (Å²) in [5.41, 5.74) is 3.31. The number of para-hydroxylation sites is 1. The third kappa shape index (κ3) is 9.67. The van der Waals surface area contributed by atoms with E-state index in [1.807, 2.05) is 59.5 Å². The zero-order valence-corrected chi connectivity index (χ0v) is 26.8. The molecule has 0 bridgehead atoms. The van der Waals surface area contributed by atoms with E-state index in [1.165, 1.54) is 18.2 Å². The van der Waals surface area contributed by atoms with Gasteiger partial charge in [-0.1, -0.05) is 84.9 Å². The van der Waals surface area contributed by atoms with Gasteiger partial charge in [-0.25, -0.2) is 14.4 Å². The maximum atomic E-state index is 13.7. The normalized spacial score (nSPS) is 13.2. The number of nitrogens with one attached hydrogen (secondary N) is 1. The molecule has 0 atom stereocenters. The van der Waals surface area contributed by atoms with Crippen LogP contribution >= 0.6 is 0 Å². The fourth-order valence-electron chi connectivity index (χ4n) is 5.83. The van der Waals surface area contributed by atoms with Crippen molar-refractivity contribution in [2.75, 3.05) is 58.2 Å². The predicted molar refractivity (Wildman–Crippen MR) is 183 cm³/mol. The Balaban J connectivity index is 1.21. The first-order chi connectivity index (χ1) is 23.0. The van der Waals surface area contributed by atoms with Crippen molar-refractivity contribution in [3.05, 3.63) is 132 Å². The van der Waals surface area contributed by atoms with Gasteiger partial charge in [-0.05, 0) is 60.8 Å². The number of esters is 1. The number of carbonyl (C=O) groups excluding carboxylic acids is 3. The Morgan fingerprint density at radius 3 is 2.00 bits per heavy atom. The number of nitrogens with zero attached hydrogens (tertiary/aromatic N) is 3. The molecule has 5 rings (SSSR count). The van der Waals surface area contributed by atoms with Crippen molar-refractivity contribution < 1.29 is 23.9 Å². The summed E-state index contributed by atoms with van der Waals surface area (Å²) in [6.07, 6.45) is 1.18. The molecule has 0 aromatic heterocycles. The average molecular weight is 635 g/mol. The number of anilines is 1. The molecule has 0 unspecified atom stereocenters. The number of carbonyl (C=O) groups is 3. The quantitative estimate of drug-likeness (QED) is 0.174. The van der Waals surface area contributed by atoms with Crippen molar-refractivity contribution in [3.63, 3.8) is 0 Å². The molecule has 9 nitrogen and oxygen atoms in total. The Morgan fingerprint density at radius 1 is 0.766 bits per heavy atom. The van der Waals surface area contributed by atoms with Gasteiger partial charge in [0.1, 0.15) is 5.75 Å². The molecule has 4 aromatic rings. The lowest BCUT2D eigenvalue weighted by Gasteiger charge is -2.34. The van der Waals surface area contributed by atoms with Gasteiger partial charge in [-0.3, -0.25) is 4.90 Å². The lowest BCUT2D eigenvalue weighted by atomic mass is 9.88. The van der Waals surface area contributed by atoms with Crippen LogP contribution in [-0.2, 0) is 4.74 Å². The van der Waals surface area contributed by atoms with Gasteiger partial charge in [0.15, 0.2) is 0 Å². The Labute approximate surface area is 276 Å². The number of urea groups is 1. The molecule has 1 N–H and O–H groups in total. The van der Waals surface area contributed by atoms with Crippen LogP contribution in [0.15, 0.2) is 115 Å². The highest BCUT2D eigenvalue weighted by Crippen LogP contribution is 2.28. The topological polar surface area (TPSA) is 91.4 Å². The number of piperazine rings is 1. The van der Waals surface area contributed by atoms with Crippen LogP contribution in [0.25, 0.3) is 0 Å². The molecule has 4 aromatic carbocycles. The zero-order chi connectivity index (χ0) is 32.8. The van der Waals surface area contributed by atoms with E-state index in [0.717, 1.165) is 32.5 Å². The number of rotatable bonds is 12. The van der Waals surface area contributed by atoms with E-state index in [0.29, 0.717) is 43.2 Å². The number of hydrogen-bond acceptors (Lipinski definition) is 6. The van der Waals surface area contributed by atoms with E-state index in [4.69, 9.17) is 9.47 Å². The molecule has 0 saturated carbocycles. The van der Waals surface area contributed by atoms with E-state index in [-0.39, 0.29) is 18.0 Å². The maximum Gasteiger partial charge on any atom is 0.415 e. The third-order valence-electron chi connectivity index (χ3n) is 8.39. The molecule has 0 aliphatic carbocycles. The maximum absolute atomic E-state index is 13.7. The molecule has 3 amide bonds. The highest BCUT2D eigenvalue weighted by molar-refractivity contribution is 5.93. The smallest absolute Gasteiger partial charge is 0.415 e. The van der Waals surface area contributed by atoms with Crippen LogP contribution in [0.5, 0.6) is 5.75 Å². The molecule has 0 radical (unpaired) electrons. The predicted octanol–water partition coefficient (Wildman–Crippen LogP) is 6.74. The van der Waals surface area contributed by atoms with Gasteiger partial charge in [-0.2, -0.15) is 0 Å². The van der Waals surface area contributed by atoms with Gasteiger partial charge in [0.25, 0.3) is 0 Å². The molecular weight excluding hydrogens is 592 g/mol. The van der Waals surface area contributed by atoms with Gasteiger partial charge in [-0.15, -0.1) is 0 Å². The minimum atomic E-state index is -0.458. The molecule has 244 valence electrons. The first-order valence-corrected chi connectivity index (χ1v) is 16.1. The average Bonchev–Trinajstić information content (AvgIpc) is 3.12. The van der Waals surface area contributed by atoms with Crippen LogP contribution in [0.2, 0.25) is 0 Å². The fraction of sp³-hybridized carbons (Fsp3) is 0.289. The Hall–Kier alpha value is -5.15. The van der Waals surface area contributed by atoms with Gasteiger partial charge in [0.2, 0.25) is 0 Å². The van der Waals surface area contributed by atoms with E-state index >= 15 is 0 Å². The van der Waals surface area contributed by atoms with Crippen molar-refractivity contribution in [3.8, 4) is 5.75 Å². The minimum Gasteiger partial charge on any atom is -0.465 e. The first kappa shape index (κ1) is 33.2. The lowest BCUT2D eigenvalue weighted by molar-refractivity contribution is 0.0600. The first-order valence-electron chi connectivity index (χ1n) is 16.1. The summed E-state index contributed by atoms with van der Waals surface area (Å²) >= 11 is 0. The van der Waals surface area contributed by atoms with Gasteiger partial charge in [0.05, 0.1) is 12.7 Å². The van der Waals surface area contributed by atoms with Crippen LogP contribution in [0, 0.1) is 0 Å². The van der Waals surface area contributed by atoms with Crippen molar-refractivity contribution in [1.29, 1.82) is 0 Å². The standard InChI is InChI=1S/C38H42N4O5/c1-46-36(43)32-17-11-18-33(29-32)39-37(44)41(24-21-35(30-13-5-2-6-14-30)31-15-7-3-8-16-31)23-12-22-40-25-27-42(28-26-40)38(45)47-34-19-9-4-10-20-34/h2-11,13-20,29,35H,12,21-28H2,1H3,(H,39,44). The number of benzene rings is 4. The molecule has 0 spiro atoms. The Kier molecular flexibility index (Phi) is 12.0. The zero-order valence-electron chi connectivity index (χ0n) is 26.8. The highest BCUT2D eigenvalue weighted by Gasteiger charge is 2.24.